The molecule has 0 saturated carbocycles. The van der Waals surface area contributed by atoms with Crippen molar-refractivity contribution in [1.29, 1.82) is 0 Å². The SMILES string of the molecule is CC(CC(=O)c1cnccn1)C1CCCNC1. The van der Waals surface area contributed by atoms with Crippen molar-refractivity contribution in [1.82, 2.24) is 15.3 Å². The van der Waals surface area contributed by atoms with E-state index in [9.17, 15) is 4.79 Å². The van der Waals surface area contributed by atoms with Crippen molar-refractivity contribution >= 4 is 5.78 Å². The standard InChI is InChI=1S/C13H19N3O/c1-10(11-3-2-4-14-8-11)7-13(17)12-9-15-5-6-16-12/h5-6,9-11,14H,2-4,7-8H2,1H3. The molecule has 1 fully saturated rings. The fraction of sp³-hybridized carbons (Fsp3) is 0.615. The van der Waals surface area contributed by atoms with Crippen LogP contribution in [0.25, 0.3) is 0 Å². The van der Waals surface area contributed by atoms with Crippen LogP contribution in [0.1, 0.15) is 36.7 Å². The lowest BCUT2D eigenvalue weighted by Crippen LogP contribution is -2.34. The molecule has 4 heteroatoms. The molecule has 0 bridgehead atoms. The fourth-order valence-electron chi connectivity index (χ4n) is 2.37. The third-order valence-corrected chi connectivity index (χ3v) is 3.50. The normalized spacial score (nSPS) is 22.1. The van der Waals surface area contributed by atoms with E-state index in [1.54, 1.807) is 18.6 Å². The summed E-state index contributed by atoms with van der Waals surface area (Å²) in [6, 6.07) is 0. The summed E-state index contributed by atoms with van der Waals surface area (Å²) in [5.41, 5.74) is 0.489. The van der Waals surface area contributed by atoms with Gasteiger partial charge in [0.1, 0.15) is 5.69 Å². The van der Waals surface area contributed by atoms with Gasteiger partial charge in [-0.1, -0.05) is 6.92 Å². The minimum Gasteiger partial charge on any atom is -0.316 e. The van der Waals surface area contributed by atoms with Gasteiger partial charge in [0.15, 0.2) is 5.78 Å². The van der Waals surface area contributed by atoms with Crippen molar-refractivity contribution in [3.8, 4) is 0 Å². The Bertz CT molecular complexity index is 360. The van der Waals surface area contributed by atoms with Crippen molar-refractivity contribution < 1.29 is 4.79 Å². The molecule has 0 amide bonds. The smallest absolute Gasteiger partial charge is 0.183 e. The lowest BCUT2D eigenvalue weighted by atomic mass is 9.84. The van der Waals surface area contributed by atoms with E-state index in [-0.39, 0.29) is 5.78 Å². The van der Waals surface area contributed by atoms with Gasteiger partial charge in [-0.3, -0.25) is 9.78 Å². The number of nitrogens with zero attached hydrogens (tertiary/aromatic N) is 2. The molecule has 2 rings (SSSR count). The average Bonchev–Trinajstić information content (AvgIpc) is 2.40. The summed E-state index contributed by atoms with van der Waals surface area (Å²) in [6.07, 6.45) is 7.72. The molecule has 0 aromatic carbocycles. The van der Waals surface area contributed by atoms with Crippen LogP contribution < -0.4 is 5.32 Å². The van der Waals surface area contributed by atoms with Gasteiger partial charge < -0.3 is 5.32 Å². The van der Waals surface area contributed by atoms with E-state index >= 15 is 0 Å². The lowest BCUT2D eigenvalue weighted by molar-refractivity contribution is 0.0937. The van der Waals surface area contributed by atoms with E-state index in [0.717, 1.165) is 13.1 Å². The van der Waals surface area contributed by atoms with Crippen LogP contribution in [0.3, 0.4) is 0 Å². The Hall–Kier alpha value is -1.29. The summed E-state index contributed by atoms with van der Waals surface area (Å²) in [6.45, 7) is 4.31. The first kappa shape index (κ1) is 12.2. The number of aromatic nitrogens is 2. The maximum Gasteiger partial charge on any atom is 0.183 e. The lowest BCUT2D eigenvalue weighted by Gasteiger charge is -2.27. The third kappa shape index (κ3) is 3.33. The summed E-state index contributed by atoms with van der Waals surface area (Å²) in [7, 11) is 0. The van der Waals surface area contributed by atoms with Crippen LogP contribution in [0.4, 0.5) is 0 Å². The van der Waals surface area contributed by atoms with E-state index in [4.69, 9.17) is 0 Å². The van der Waals surface area contributed by atoms with Gasteiger partial charge in [0, 0.05) is 18.8 Å². The van der Waals surface area contributed by atoms with Gasteiger partial charge in [-0.15, -0.1) is 0 Å². The molecule has 0 radical (unpaired) electrons. The second kappa shape index (κ2) is 5.87. The van der Waals surface area contributed by atoms with E-state index in [0.29, 0.717) is 24.0 Å². The molecule has 2 unspecified atom stereocenters. The second-order valence-corrected chi connectivity index (χ2v) is 4.80. The van der Waals surface area contributed by atoms with Crippen molar-refractivity contribution in [2.45, 2.75) is 26.2 Å². The van der Waals surface area contributed by atoms with Gasteiger partial charge in [0.05, 0.1) is 6.20 Å². The molecule has 2 atom stereocenters. The van der Waals surface area contributed by atoms with Gasteiger partial charge >= 0.3 is 0 Å². The number of piperidine rings is 1. The molecule has 2 heterocycles. The minimum absolute atomic E-state index is 0.108. The highest BCUT2D eigenvalue weighted by molar-refractivity contribution is 5.93. The molecule has 92 valence electrons. The van der Waals surface area contributed by atoms with Crippen LogP contribution in [0.2, 0.25) is 0 Å². The molecule has 0 aliphatic carbocycles. The number of ketones is 1. The number of carbonyl (C=O) groups is 1. The fourth-order valence-corrected chi connectivity index (χ4v) is 2.37. The molecule has 1 aliphatic heterocycles. The third-order valence-electron chi connectivity index (χ3n) is 3.50. The average molecular weight is 233 g/mol. The molecule has 4 nitrogen and oxygen atoms in total. The summed E-state index contributed by atoms with van der Waals surface area (Å²) in [4.78, 5) is 20.0. The largest absolute Gasteiger partial charge is 0.316 e. The Morgan fingerprint density at radius 3 is 3.12 bits per heavy atom. The zero-order valence-electron chi connectivity index (χ0n) is 10.2. The zero-order valence-corrected chi connectivity index (χ0v) is 10.2. The first-order valence-corrected chi connectivity index (χ1v) is 6.27. The monoisotopic (exact) mass is 233 g/mol. The predicted octanol–water partition coefficient (Wildman–Crippen LogP) is 1.69. The highest BCUT2D eigenvalue weighted by Crippen LogP contribution is 2.23. The predicted molar refractivity (Wildman–Crippen MR) is 65.7 cm³/mol. The van der Waals surface area contributed by atoms with Gasteiger partial charge in [-0.25, -0.2) is 4.98 Å². The van der Waals surface area contributed by atoms with Crippen LogP contribution in [0.15, 0.2) is 18.6 Å². The van der Waals surface area contributed by atoms with Crippen LogP contribution in [-0.2, 0) is 0 Å². The van der Waals surface area contributed by atoms with Gasteiger partial charge in [-0.2, -0.15) is 0 Å². The van der Waals surface area contributed by atoms with Crippen molar-refractivity contribution in [3.05, 3.63) is 24.3 Å². The Balaban J connectivity index is 1.89. The highest BCUT2D eigenvalue weighted by atomic mass is 16.1. The van der Waals surface area contributed by atoms with Crippen molar-refractivity contribution in [2.24, 2.45) is 11.8 Å². The number of Topliss-reactive ketones (excluding diaryl/α,β-unsaturated/α-hetero) is 1. The molecule has 1 aliphatic rings. The Morgan fingerprint density at radius 2 is 2.47 bits per heavy atom. The number of rotatable bonds is 4. The van der Waals surface area contributed by atoms with E-state index in [2.05, 4.69) is 22.2 Å². The maximum absolute atomic E-state index is 12.0. The minimum atomic E-state index is 0.108. The quantitative estimate of drug-likeness (QED) is 0.804. The maximum atomic E-state index is 12.0. The van der Waals surface area contributed by atoms with Crippen LogP contribution in [0.5, 0.6) is 0 Å². The van der Waals surface area contributed by atoms with Crippen molar-refractivity contribution in [3.63, 3.8) is 0 Å². The molecule has 17 heavy (non-hydrogen) atoms. The van der Waals surface area contributed by atoms with Crippen LogP contribution in [0, 0.1) is 11.8 Å². The Labute approximate surface area is 102 Å². The number of hydrogen-bond donors (Lipinski definition) is 1. The summed E-state index contributed by atoms with van der Waals surface area (Å²) in [5, 5.41) is 3.39. The Morgan fingerprint density at radius 1 is 1.59 bits per heavy atom. The first-order valence-electron chi connectivity index (χ1n) is 6.27. The molecule has 1 N–H and O–H groups in total. The van der Waals surface area contributed by atoms with Crippen LogP contribution >= 0.6 is 0 Å². The topological polar surface area (TPSA) is 54.9 Å². The van der Waals surface area contributed by atoms with Gasteiger partial charge in [0.25, 0.3) is 0 Å². The second-order valence-electron chi connectivity index (χ2n) is 4.80. The zero-order chi connectivity index (χ0) is 12.1. The summed E-state index contributed by atoms with van der Waals surface area (Å²) >= 11 is 0. The molecule has 0 spiro atoms. The van der Waals surface area contributed by atoms with Crippen molar-refractivity contribution in [2.75, 3.05) is 13.1 Å². The highest BCUT2D eigenvalue weighted by Gasteiger charge is 2.22. The van der Waals surface area contributed by atoms with Gasteiger partial charge in [0.2, 0.25) is 0 Å². The number of hydrogen-bond acceptors (Lipinski definition) is 4. The number of carbonyl (C=O) groups excluding carboxylic acids is 1. The molecule has 1 saturated heterocycles. The first-order chi connectivity index (χ1) is 8.27. The number of nitrogens with one attached hydrogen (secondary N) is 1. The molecular weight excluding hydrogens is 214 g/mol. The molecule has 1 aromatic heterocycles. The Kier molecular flexibility index (Phi) is 4.20. The van der Waals surface area contributed by atoms with Gasteiger partial charge in [-0.05, 0) is 37.8 Å². The van der Waals surface area contributed by atoms with Crippen LogP contribution in [-0.4, -0.2) is 28.8 Å². The molecule has 1 aromatic rings. The summed E-state index contributed by atoms with van der Waals surface area (Å²) in [5.74, 6) is 1.14. The summed E-state index contributed by atoms with van der Waals surface area (Å²) < 4.78 is 0. The molecular formula is C13H19N3O. The van der Waals surface area contributed by atoms with E-state index < -0.39 is 0 Å². The van der Waals surface area contributed by atoms with E-state index in [1.807, 2.05) is 0 Å². The van der Waals surface area contributed by atoms with E-state index in [1.165, 1.54) is 12.8 Å².